The van der Waals surface area contributed by atoms with Crippen LogP contribution in [0.4, 0.5) is 33.5 Å². The van der Waals surface area contributed by atoms with Crippen LogP contribution in [0.25, 0.3) is 17.5 Å². The summed E-state index contributed by atoms with van der Waals surface area (Å²) < 4.78 is 67.2. The van der Waals surface area contributed by atoms with Gasteiger partial charge in [0, 0.05) is 23.7 Å². The summed E-state index contributed by atoms with van der Waals surface area (Å²) in [5.41, 5.74) is 6.30. The molecule has 2 heterocycles. The second kappa shape index (κ2) is 9.07. The Morgan fingerprint density at radius 1 is 1.15 bits per heavy atom. The fourth-order valence-electron chi connectivity index (χ4n) is 3.33. The van der Waals surface area contributed by atoms with Crippen molar-refractivity contribution in [2.75, 3.05) is 5.32 Å². The number of nitrogens with one attached hydrogen (secondary N) is 1. The second-order valence-corrected chi connectivity index (χ2v) is 7.94. The predicted molar refractivity (Wildman–Crippen MR) is 117 cm³/mol. The number of halogens is 6. The normalized spacial score (nSPS) is 14.1. The van der Waals surface area contributed by atoms with Crippen molar-refractivity contribution in [2.24, 2.45) is 5.73 Å². The van der Waals surface area contributed by atoms with Gasteiger partial charge < -0.3 is 16.0 Å². The SMILES string of the molecule is NC(CC(=O)N1C=Cn2c(nc(-c3ccc(F)cc3)c2Nc2ccc(Cl)c(F)c2)C1)C(F)(F)F. The Hall–Kier alpha value is -3.44. The van der Waals surface area contributed by atoms with Gasteiger partial charge in [0.05, 0.1) is 18.0 Å². The van der Waals surface area contributed by atoms with E-state index in [-0.39, 0.29) is 11.6 Å². The Morgan fingerprint density at radius 2 is 1.85 bits per heavy atom. The molecule has 2 aromatic carbocycles. The summed E-state index contributed by atoms with van der Waals surface area (Å²) in [6.07, 6.45) is -2.88. The van der Waals surface area contributed by atoms with E-state index in [1.54, 1.807) is 10.6 Å². The van der Waals surface area contributed by atoms with Gasteiger partial charge in [-0.1, -0.05) is 11.6 Å². The number of hydrogen-bond acceptors (Lipinski definition) is 4. The van der Waals surface area contributed by atoms with Gasteiger partial charge >= 0.3 is 6.18 Å². The molecule has 0 spiro atoms. The number of fused-ring (bicyclic) bond motifs is 1. The van der Waals surface area contributed by atoms with E-state index in [1.165, 1.54) is 48.8 Å². The van der Waals surface area contributed by atoms with Gasteiger partial charge in [0.2, 0.25) is 5.91 Å². The predicted octanol–water partition coefficient (Wildman–Crippen LogP) is 5.28. The van der Waals surface area contributed by atoms with Crippen molar-refractivity contribution in [3.63, 3.8) is 0 Å². The molecule has 0 bridgehead atoms. The van der Waals surface area contributed by atoms with Gasteiger partial charge in [-0.05, 0) is 42.5 Å². The number of nitrogens with zero attached hydrogens (tertiary/aromatic N) is 3. The molecule has 178 valence electrons. The third-order valence-corrected chi connectivity index (χ3v) is 5.43. The van der Waals surface area contributed by atoms with E-state index in [9.17, 15) is 26.7 Å². The van der Waals surface area contributed by atoms with Gasteiger partial charge in [0.15, 0.2) is 0 Å². The van der Waals surface area contributed by atoms with Crippen LogP contribution >= 0.6 is 11.6 Å². The molecule has 3 N–H and O–H groups in total. The molecule has 4 rings (SSSR count). The van der Waals surface area contributed by atoms with Crippen LogP contribution in [0.15, 0.2) is 48.7 Å². The number of benzene rings is 2. The third-order valence-electron chi connectivity index (χ3n) is 5.13. The molecule has 1 atom stereocenters. The molecule has 6 nitrogen and oxygen atoms in total. The third kappa shape index (κ3) is 4.90. The molecular weight excluding hydrogens is 481 g/mol. The van der Waals surface area contributed by atoms with Crippen molar-refractivity contribution in [3.8, 4) is 11.3 Å². The highest BCUT2D eigenvalue weighted by Gasteiger charge is 2.39. The molecule has 1 amide bonds. The number of carbonyl (C=O) groups excluding carboxylic acids is 1. The van der Waals surface area contributed by atoms with Gasteiger partial charge in [-0.3, -0.25) is 9.36 Å². The topological polar surface area (TPSA) is 76.2 Å². The maximum absolute atomic E-state index is 14.0. The lowest BCUT2D eigenvalue weighted by Gasteiger charge is -2.24. The summed E-state index contributed by atoms with van der Waals surface area (Å²) in [6.45, 7) is -0.134. The van der Waals surface area contributed by atoms with Crippen molar-refractivity contribution in [1.29, 1.82) is 0 Å². The summed E-state index contributed by atoms with van der Waals surface area (Å²) in [5.74, 6) is -1.25. The summed E-state index contributed by atoms with van der Waals surface area (Å²) in [5, 5.41) is 2.98. The molecule has 34 heavy (non-hydrogen) atoms. The van der Waals surface area contributed by atoms with E-state index in [0.717, 1.165) is 4.90 Å². The van der Waals surface area contributed by atoms with E-state index in [2.05, 4.69) is 10.3 Å². The first-order valence-corrected chi connectivity index (χ1v) is 10.3. The van der Waals surface area contributed by atoms with Gasteiger partial charge in [-0.15, -0.1) is 0 Å². The number of rotatable bonds is 5. The average molecular weight is 498 g/mol. The minimum absolute atomic E-state index is 0.0641. The highest BCUT2D eigenvalue weighted by molar-refractivity contribution is 6.30. The van der Waals surface area contributed by atoms with Crippen LogP contribution in [0.5, 0.6) is 0 Å². The Bertz CT molecular complexity index is 1260. The first kappa shape index (κ1) is 23.7. The number of aromatic nitrogens is 2. The molecule has 1 unspecified atom stereocenters. The zero-order chi connectivity index (χ0) is 24.6. The quantitative estimate of drug-likeness (QED) is 0.471. The number of imidazole rings is 1. The van der Waals surface area contributed by atoms with E-state index in [0.29, 0.717) is 28.6 Å². The number of nitrogens with two attached hydrogens (primary N) is 1. The summed E-state index contributed by atoms with van der Waals surface area (Å²) in [4.78, 5) is 18.0. The second-order valence-electron chi connectivity index (χ2n) is 7.53. The van der Waals surface area contributed by atoms with Crippen LogP contribution in [0.3, 0.4) is 0 Å². The van der Waals surface area contributed by atoms with Crippen molar-refractivity contribution >= 4 is 35.2 Å². The lowest BCUT2D eigenvalue weighted by atomic mass is 10.1. The Kier molecular flexibility index (Phi) is 6.32. The van der Waals surface area contributed by atoms with E-state index in [4.69, 9.17) is 17.3 Å². The van der Waals surface area contributed by atoms with E-state index >= 15 is 0 Å². The van der Waals surface area contributed by atoms with Gasteiger partial charge in [-0.25, -0.2) is 13.8 Å². The number of amides is 1. The minimum atomic E-state index is -4.70. The number of hydrogen-bond donors (Lipinski definition) is 2. The van der Waals surface area contributed by atoms with Gasteiger partial charge in [0.25, 0.3) is 0 Å². The van der Waals surface area contributed by atoms with Crippen molar-refractivity contribution < 1.29 is 26.7 Å². The van der Waals surface area contributed by atoms with Crippen LogP contribution in [-0.4, -0.2) is 32.6 Å². The van der Waals surface area contributed by atoms with Crippen molar-refractivity contribution in [1.82, 2.24) is 14.5 Å². The van der Waals surface area contributed by atoms with Crippen molar-refractivity contribution in [3.05, 3.63) is 71.1 Å². The fraction of sp³-hybridized carbons (Fsp3) is 0.182. The van der Waals surface area contributed by atoms with E-state index < -0.39 is 36.2 Å². The number of anilines is 2. The van der Waals surface area contributed by atoms with E-state index in [1.807, 2.05) is 0 Å². The molecular formula is C22H17ClF5N5O. The standard InChI is InChI=1S/C22H17ClF5N5O/c23-15-6-5-14(9-16(15)25)30-21-20(12-1-3-13(24)4-2-12)31-18-11-32(7-8-33(18)21)19(34)10-17(29)22(26,27)28/h1-9,17,30H,10-11,29H2. The maximum Gasteiger partial charge on any atom is 0.404 e. The molecule has 3 aromatic rings. The van der Waals surface area contributed by atoms with Crippen LogP contribution in [0, 0.1) is 11.6 Å². The summed E-state index contributed by atoms with van der Waals surface area (Å²) >= 11 is 5.75. The Balaban J connectivity index is 1.68. The highest BCUT2D eigenvalue weighted by Crippen LogP contribution is 2.34. The van der Waals surface area contributed by atoms with Crippen LogP contribution < -0.4 is 11.1 Å². The molecule has 1 aromatic heterocycles. The average Bonchev–Trinajstić information content (AvgIpc) is 3.13. The fourth-order valence-corrected chi connectivity index (χ4v) is 3.45. The Morgan fingerprint density at radius 3 is 2.50 bits per heavy atom. The van der Waals surface area contributed by atoms with Crippen LogP contribution in [-0.2, 0) is 11.3 Å². The number of alkyl halides is 3. The molecule has 0 saturated heterocycles. The first-order chi connectivity index (χ1) is 16.0. The first-order valence-electron chi connectivity index (χ1n) is 9.92. The zero-order valence-electron chi connectivity index (χ0n) is 17.3. The summed E-state index contributed by atoms with van der Waals surface area (Å²) in [7, 11) is 0. The molecule has 0 aliphatic carbocycles. The van der Waals surface area contributed by atoms with Crippen LogP contribution in [0.2, 0.25) is 5.02 Å². The molecule has 1 aliphatic rings. The lowest BCUT2D eigenvalue weighted by Crippen LogP contribution is -2.42. The molecule has 1 aliphatic heterocycles. The maximum atomic E-state index is 14.0. The number of carbonyl (C=O) groups is 1. The minimum Gasteiger partial charge on any atom is -0.339 e. The van der Waals surface area contributed by atoms with Gasteiger partial charge in [0.1, 0.15) is 35.0 Å². The molecule has 0 fully saturated rings. The molecule has 0 radical (unpaired) electrons. The van der Waals surface area contributed by atoms with Crippen molar-refractivity contribution in [2.45, 2.75) is 25.2 Å². The zero-order valence-corrected chi connectivity index (χ0v) is 18.0. The lowest BCUT2D eigenvalue weighted by molar-refractivity contribution is -0.157. The van der Waals surface area contributed by atoms with Crippen LogP contribution in [0.1, 0.15) is 12.2 Å². The Labute approximate surface area is 195 Å². The smallest absolute Gasteiger partial charge is 0.339 e. The highest BCUT2D eigenvalue weighted by atomic mass is 35.5. The molecule has 0 saturated carbocycles. The largest absolute Gasteiger partial charge is 0.404 e. The monoisotopic (exact) mass is 497 g/mol. The van der Waals surface area contributed by atoms with Gasteiger partial charge in [-0.2, -0.15) is 13.2 Å². The molecule has 12 heteroatoms. The summed E-state index contributed by atoms with van der Waals surface area (Å²) in [6, 6.07) is 7.26.